The van der Waals surface area contributed by atoms with Crippen LogP contribution in [0, 0.1) is 0 Å². The van der Waals surface area contributed by atoms with Gasteiger partial charge in [0.25, 0.3) is 11.8 Å². The summed E-state index contributed by atoms with van der Waals surface area (Å²) in [5.74, 6) is -1.26. The lowest BCUT2D eigenvalue weighted by Gasteiger charge is -2.34. The van der Waals surface area contributed by atoms with Gasteiger partial charge in [-0.25, -0.2) is 0 Å². The smallest absolute Gasteiger partial charge is 0.318 e. The number of rotatable bonds is 5. The number of carboxylic acid groups (broad SMARTS) is 1. The highest BCUT2D eigenvalue weighted by Crippen LogP contribution is 2.44. The standard InChI is InChI=1S/C25H31N3O4/c1-15(26)14-25(24(31)32)20-10-8-18(22(29)27(2)3)12-16(20)6-7-17-13-19(9-11-21(17)25)23(30)28(4)5/h8-13,15H,6-7,14,26H2,1-5H3,(H,31,32)/t15-/m0/s1. The number of hydrogen-bond acceptors (Lipinski definition) is 4. The van der Waals surface area contributed by atoms with Gasteiger partial charge in [0.15, 0.2) is 0 Å². The summed E-state index contributed by atoms with van der Waals surface area (Å²) in [6, 6.07) is 10.1. The molecule has 0 bridgehead atoms. The summed E-state index contributed by atoms with van der Waals surface area (Å²) in [6.07, 6.45) is 1.32. The minimum absolute atomic E-state index is 0.137. The molecule has 0 saturated heterocycles. The van der Waals surface area contributed by atoms with Crippen LogP contribution in [0.1, 0.15) is 56.3 Å². The van der Waals surface area contributed by atoms with Gasteiger partial charge in [0.1, 0.15) is 5.41 Å². The van der Waals surface area contributed by atoms with Crippen LogP contribution in [0.4, 0.5) is 0 Å². The van der Waals surface area contributed by atoms with E-state index in [1.54, 1.807) is 71.5 Å². The molecule has 2 aromatic carbocycles. The molecule has 3 N–H and O–H groups in total. The first-order chi connectivity index (χ1) is 15.0. The molecule has 0 unspecified atom stereocenters. The maximum atomic E-state index is 12.9. The topological polar surface area (TPSA) is 104 Å². The second-order valence-electron chi connectivity index (χ2n) is 9.03. The fraction of sp³-hybridized carbons (Fsp3) is 0.400. The van der Waals surface area contributed by atoms with E-state index in [0.717, 1.165) is 11.1 Å². The number of carbonyl (C=O) groups excluding carboxylic acids is 2. The van der Waals surface area contributed by atoms with E-state index in [2.05, 4.69) is 0 Å². The third kappa shape index (κ3) is 4.00. The van der Waals surface area contributed by atoms with Crippen molar-refractivity contribution in [3.63, 3.8) is 0 Å². The lowest BCUT2D eigenvalue weighted by molar-refractivity contribution is -0.142. The van der Waals surface area contributed by atoms with Crippen LogP contribution in [0.3, 0.4) is 0 Å². The summed E-state index contributed by atoms with van der Waals surface area (Å²) in [5, 5.41) is 10.6. The van der Waals surface area contributed by atoms with Gasteiger partial charge in [0.05, 0.1) is 0 Å². The van der Waals surface area contributed by atoms with Crippen LogP contribution in [-0.4, -0.2) is 66.9 Å². The zero-order valence-electron chi connectivity index (χ0n) is 19.3. The first-order valence-electron chi connectivity index (χ1n) is 10.7. The zero-order valence-corrected chi connectivity index (χ0v) is 19.3. The van der Waals surface area contributed by atoms with Crippen LogP contribution in [0.15, 0.2) is 36.4 Å². The normalized spacial score (nSPS) is 15.1. The third-order valence-corrected chi connectivity index (χ3v) is 6.09. The lowest BCUT2D eigenvalue weighted by Crippen LogP contribution is -2.42. The molecule has 2 aromatic rings. The van der Waals surface area contributed by atoms with Gasteiger partial charge >= 0.3 is 5.97 Å². The average Bonchev–Trinajstić information content (AvgIpc) is 2.87. The number of fused-ring (bicyclic) bond motifs is 2. The van der Waals surface area contributed by atoms with Crippen LogP contribution in [0.2, 0.25) is 0 Å². The highest BCUT2D eigenvalue weighted by molar-refractivity contribution is 5.96. The number of aliphatic carboxylic acids is 1. The zero-order chi connectivity index (χ0) is 23.8. The Morgan fingerprint density at radius 1 is 0.906 bits per heavy atom. The van der Waals surface area contributed by atoms with Gasteiger partial charge in [-0.15, -0.1) is 0 Å². The fourth-order valence-electron chi connectivity index (χ4n) is 4.65. The molecule has 0 spiro atoms. The van der Waals surface area contributed by atoms with Gasteiger partial charge < -0.3 is 20.6 Å². The number of amides is 2. The lowest BCUT2D eigenvalue weighted by atomic mass is 9.68. The van der Waals surface area contributed by atoms with Crippen molar-refractivity contribution in [1.29, 1.82) is 0 Å². The van der Waals surface area contributed by atoms with Crippen molar-refractivity contribution in [3.8, 4) is 0 Å². The Bertz CT molecular complexity index is 1000. The molecule has 7 heteroatoms. The van der Waals surface area contributed by atoms with Gasteiger partial charge in [-0.2, -0.15) is 0 Å². The van der Waals surface area contributed by atoms with Gasteiger partial charge in [-0.3, -0.25) is 14.4 Å². The molecule has 1 aliphatic rings. The van der Waals surface area contributed by atoms with Crippen molar-refractivity contribution in [2.75, 3.05) is 28.2 Å². The van der Waals surface area contributed by atoms with Crippen LogP contribution in [-0.2, 0) is 23.1 Å². The SMILES string of the molecule is C[C@H](N)CC1(C(=O)O)c2ccc(C(=O)N(C)C)cc2CCc2cc(C(=O)N(C)C)ccc21. The van der Waals surface area contributed by atoms with E-state index in [-0.39, 0.29) is 24.3 Å². The number of aryl methyl sites for hydroxylation is 2. The number of nitrogens with two attached hydrogens (primary N) is 1. The molecule has 0 heterocycles. The Morgan fingerprint density at radius 3 is 1.62 bits per heavy atom. The number of benzene rings is 2. The highest BCUT2D eigenvalue weighted by atomic mass is 16.4. The Hall–Kier alpha value is -3.19. The predicted octanol–water partition coefficient (Wildman–Crippen LogP) is 2.30. The predicted molar refractivity (Wildman–Crippen MR) is 123 cm³/mol. The molecule has 1 atom stereocenters. The van der Waals surface area contributed by atoms with E-state index in [4.69, 9.17) is 5.73 Å². The van der Waals surface area contributed by atoms with E-state index in [9.17, 15) is 19.5 Å². The van der Waals surface area contributed by atoms with E-state index in [0.29, 0.717) is 35.1 Å². The maximum Gasteiger partial charge on any atom is 0.318 e. The highest BCUT2D eigenvalue weighted by Gasteiger charge is 2.46. The molecular formula is C25H31N3O4. The third-order valence-electron chi connectivity index (χ3n) is 6.09. The number of carboxylic acids is 1. The van der Waals surface area contributed by atoms with Crippen molar-refractivity contribution < 1.29 is 19.5 Å². The molecule has 7 nitrogen and oxygen atoms in total. The van der Waals surface area contributed by atoms with E-state index in [1.807, 2.05) is 0 Å². The number of hydrogen-bond donors (Lipinski definition) is 2. The monoisotopic (exact) mass is 437 g/mol. The minimum Gasteiger partial charge on any atom is -0.480 e. The van der Waals surface area contributed by atoms with Crippen molar-refractivity contribution in [1.82, 2.24) is 9.80 Å². The van der Waals surface area contributed by atoms with Gasteiger partial charge in [-0.1, -0.05) is 12.1 Å². The largest absolute Gasteiger partial charge is 0.480 e. The van der Waals surface area contributed by atoms with E-state index < -0.39 is 11.4 Å². The molecule has 1 aliphatic carbocycles. The Balaban J connectivity index is 2.28. The van der Waals surface area contributed by atoms with Crippen LogP contribution in [0.25, 0.3) is 0 Å². The maximum absolute atomic E-state index is 12.9. The Morgan fingerprint density at radius 2 is 1.31 bits per heavy atom. The second-order valence-corrected chi connectivity index (χ2v) is 9.03. The number of carbonyl (C=O) groups is 3. The van der Waals surface area contributed by atoms with Crippen molar-refractivity contribution in [2.45, 2.75) is 37.6 Å². The van der Waals surface area contributed by atoms with Gasteiger partial charge in [0.2, 0.25) is 0 Å². The molecule has 0 aromatic heterocycles. The van der Waals surface area contributed by atoms with Crippen LogP contribution in [0.5, 0.6) is 0 Å². The van der Waals surface area contributed by atoms with Crippen molar-refractivity contribution in [2.24, 2.45) is 5.73 Å². The van der Waals surface area contributed by atoms with Crippen molar-refractivity contribution >= 4 is 17.8 Å². The quantitative estimate of drug-likeness (QED) is 0.747. The summed E-state index contributed by atoms with van der Waals surface area (Å²) in [6.45, 7) is 1.79. The summed E-state index contributed by atoms with van der Waals surface area (Å²) in [7, 11) is 6.74. The van der Waals surface area contributed by atoms with Gasteiger partial charge in [0, 0.05) is 45.4 Å². The summed E-state index contributed by atoms with van der Waals surface area (Å²) in [5.41, 5.74) is 8.78. The fourth-order valence-corrected chi connectivity index (χ4v) is 4.65. The molecule has 32 heavy (non-hydrogen) atoms. The average molecular weight is 438 g/mol. The van der Waals surface area contributed by atoms with Gasteiger partial charge in [-0.05, 0) is 72.7 Å². The molecule has 0 saturated carbocycles. The number of nitrogens with zero attached hydrogens (tertiary/aromatic N) is 2. The molecule has 0 fully saturated rings. The molecular weight excluding hydrogens is 406 g/mol. The molecule has 3 rings (SSSR count). The second kappa shape index (κ2) is 8.74. The molecule has 0 radical (unpaired) electrons. The minimum atomic E-state index is -1.37. The summed E-state index contributed by atoms with van der Waals surface area (Å²) in [4.78, 5) is 41.0. The van der Waals surface area contributed by atoms with Crippen molar-refractivity contribution in [3.05, 3.63) is 69.8 Å². The Kier molecular flexibility index (Phi) is 6.41. The first-order valence-corrected chi connectivity index (χ1v) is 10.7. The summed E-state index contributed by atoms with van der Waals surface area (Å²) < 4.78 is 0. The van der Waals surface area contributed by atoms with Crippen LogP contribution < -0.4 is 5.73 Å². The Labute approximate surface area is 188 Å². The molecule has 0 aliphatic heterocycles. The van der Waals surface area contributed by atoms with Crippen LogP contribution >= 0.6 is 0 Å². The van der Waals surface area contributed by atoms with E-state index in [1.165, 1.54) is 9.80 Å². The molecule has 170 valence electrons. The summed E-state index contributed by atoms with van der Waals surface area (Å²) >= 11 is 0. The first kappa shape index (κ1) is 23.5. The molecule has 2 amide bonds. The van der Waals surface area contributed by atoms with E-state index >= 15 is 0 Å².